The Bertz CT molecular complexity index is 807. The number of para-hydroxylation sites is 1. The molecule has 0 saturated heterocycles. The smallest absolute Gasteiger partial charge is 0.281 e. The fourth-order valence-corrected chi connectivity index (χ4v) is 2.21. The van der Waals surface area contributed by atoms with Gasteiger partial charge in [-0.2, -0.15) is 9.78 Å². The molecule has 0 radical (unpaired) electrons. The van der Waals surface area contributed by atoms with Crippen LogP contribution in [-0.2, 0) is 0 Å². The second-order valence-electron chi connectivity index (χ2n) is 4.41. The van der Waals surface area contributed by atoms with Crippen LogP contribution in [0.1, 0.15) is 5.69 Å². The summed E-state index contributed by atoms with van der Waals surface area (Å²) >= 11 is 0. The molecule has 1 aromatic heterocycles. The van der Waals surface area contributed by atoms with Crippen molar-refractivity contribution in [3.63, 3.8) is 0 Å². The molecule has 0 spiro atoms. The molecule has 94 valence electrons. The number of nitrogens with two attached hydrogens (primary N) is 1. The van der Waals surface area contributed by atoms with Crippen LogP contribution in [-0.4, -0.2) is 9.78 Å². The number of fused-ring (bicyclic) bond motifs is 1. The second kappa shape index (κ2) is 4.24. The van der Waals surface area contributed by atoms with Gasteiger partial charge in [-0.3, -0.25) is 4.79 Å². The third kappa shape index (κ3) is 1.78. The van der Waals surface area contributed by atoms with Crippen LogP contribution in [0.3, 0.4) is 0 Å². The van der Waals surface area contributed by atoms with E-state index in [1.165, 1.54) is 4.68 Å². The zero-order valence-electron chi connectivity index (χ0n) is 10.5. The number of benzene rings is 2. The molecule has 0 unspecified atom stereocenters. The van der Waals surface area contributed by atoms with Gasteiger partial charge < -0.3 is 5.73 Å². The SMILES string of the molecule is Cc1nn(-c2ccccc2)c(=O)c2c(N)cccc12. The molecule has 3 rings (SSSR count). The van der Waals surface area contributed by atoms with Crippen LogP contribution in [0.25, 0.3) is 16.5 Å². The fraction of sp³-hybridized carbons (Fsp3) is 0.0667. The summed E-state index contributed by atoms with van der Waals surface area (Å²) in [5.74, 6) is 0. The Labute approximate surface area is 110 Å². The van der Waals surface area contributed by atoms with Gasteiger partial charge in [0.15, 0.2) is 0 Å². The molecule has 1 heterocycles. The van der Waals surface area contributed by atoms with Gasteiger partial charge in [0.05, 0.1) is 16.8 Å². The Kier molecular flexibility index (Phi) is 2.56. The number of anilines is 1. The maximum Gasteiger partial charge on any atom is 0.281 e. The fourth-order valence-electron chi connectivity index (χ4n) is 2.21. The van der Waals surface area contributed by atoms with E-state index in [1.54, 1.807) is 6.07 Å². The molecule has 2 N–H and O–H groups in total. The number of hydrogen-bond acceptors (Lipinski definition) is 3. The minimum Gasteiger partial charge on any atom is -0.398 e. The van der Waals surface area contributed by atoms with Crippen molar-refractivity contribution in [3.05, 3.63) is 64.6 Å². The molecular formula is C15H13N3O. The van der Waals surface area contributed by atoms with Gasteiger partial charge in [-0.05, 0) is 25.1 Å². The summed E-state index contributed by atoms with van der Waals surface area (Å²) < 4.78 is 1.40. The third-order valence-corrected chi connectivity index (χ3v) is 3.14. The van der Waals surface area contributed by atoms with E-state index in [0.29, 0.717) is 11.1 Å². The van der Waals surface area contributed by atoms with E-state index >= 15 is 0 Å². The van der Waals surface area contributed by atoms with Gasteiger partial charge >= 0.3 is 0 Å². The molecule has 0 aliphatic heterocycles. The Morgan fingerprint density at radius 1 is 1.05 bits per heavy atom. The van der Waals surface area contributed by atoms with Crippen LogP contribution in [0.5, 0.6) is 0 Å². The lowest BCUT2D eigenvalue weighted by atomic mass is 10.1. The first kappa shape index (κ1) is 11.5. The Morgan fingerprint density at radius 2 is 1.79 bits per heavy atom. The number of hydrogen-bond donors (Lipinski definition) is 1. The predicted octanol–water partition coefficient (Wildman–Crippen LogP) is 2.28. The lowest BCUT2D eigenvalue weighted by Gasteiger charge is -2.09. The van der Waals surface area contributed by atoms with Crippen LogP contribution >= 0.6 is 0 Å². The molecule has 0 bridgehead atoms. The van der Waals surface area contributed by atoms with Gasteiger partial charge in [0.1, 0.15) is 0 Å². The highest BCUT2D eigenvalue weighted by Gasteiger charge is 2.11. The Hall–Kier alpha value is -2.62. The number of aromatic nitrogens is 2. The Morgan fingerprint density at radius 3 is 2.53 bits per heavy atom. The second-order valence-corrected chi connectivity index (χ2v) is 4.41. The van der Waals surface area contributed by atoms with Crippen molar-refractivity contribution in [2.75, 3.05) is 5.73 Å². The van der Waals surface area contributed by atoms with E-state index in [9.17, 15) is 4.79 Å². The standard InChI is InChI=1S/C15H13N3O/c1-10-12-8-5-9-13(16)14(12)15(19)18(17-10)11-6-3-2-4-7-11/h2-9H,16H2,1H3. The first-order valence-corrected chi connectivity index (χ1v) is 6.02. The summed E-state index contributed by atoms with van der Waals surface area (Å²) in [5, 5.41) is 5.69. The number of nitrogen functional groups attached to an aromatic ring is 1. The van der Waals surface area contributed by atoms with Crippen molar-refractivity contribution in [2.24, 2.45) is 0 Å². The third-order valence-electron chi connectivity index (χ3n) is 3.14. The summed E-state index contributed by atoms with van der Waals surface area (Å²) in [5.41, 5.74) is 7.75. The highest BCUT2D eigenvalue weighted by atomic mass is 16.1. The molecule has 19 heavy (non-hydrogen) atoms. The van der Waals surface area contributed by atoms with Gasteiger partial charge in [0.2, 0.25) is 0 Å². The van der Waals surface area contributed by atoms with Gasteiger partial charge in [0.25, 0.3) is 5.56 Å². The summed E-state index contributed by atoms with van der Waals surface area (Å²) in [6.45, 7) is 1.88. The van der Waals surface area contributed by atoms with Gasteiger partial charge in [-0.25, -0.2) is 0 Å². The molecule has 3 aromatic rings. The van der Waals surface area contributed by atoms with Crippen LogP contribution in [0, 0.1) is 6.92 Å². The normalized spacial score (nSPS) is 10.8. The van der Waals surface area contributed by atoms with E-state index in [2.05, 4.69) is 5.10 Å². The molecule has 0 fully saturated rings. The molecule has 0 amide bonds. The summed E-state index contributed by atoms with van der Waals surface area (Å²) in [7, 11) is 0. The average molecular weight is 251 g/mol. The van der Waals surface area contributed by atoms with E-state index in [1.807, 2.05) is 49.4 Å². The molecule has 0 aliphatic rings. The maximum atomic E-state index is 12.5. The van der Waals surface area contributed by atoms with Crippen LogP contribution in [0.4, 0.5) is 5.69 Å². The predicted molar refractivity (Wildman–Crippen MR) is 76.5 cm³/mol. The number of rotatable bonds is 1. The summed E-state index contributed by atoms with van der Waals surface area (Å²) in [4.78, 5) is 12.5. The zero-order valence-corrected chi connectivity index (χ0v) is 10.5. The van der Waals surface area contributed by atoms with E-state index in [-0.39, 0.29) is 5.56 Å². The molecule has 4 heteroatoms. The van der Waals surface area contributed by atoms with Crippen molar-refractivity contribution in [1.29, 1.82) is 0 Å². The minimum absolute atomic E-state index is 0.190. The van der Waals surface area contributed by atoms with Crippen LogP contribution < -0.4 is 11.3 Å². The van der Waals surface area contributed by atoms with Gasteiger partial charge in [-0.1, -0.05) is 30.3 Å². The highest BCUT2D eigenvalue weighted by molar-refractivity contribution is 5.93. The van der Waals surface area contributed by atoms with Crippen LogP contribution in [0.15, 0.2) is 53.3 Å². The average Bonchev–Trinajstić information content (AvgIpc) is 2.43. The molecule has 0 saturated carbocycles. The van der Waals surface area contributed by atoms with Gasteiger partial charge in [0, 0.05) is 11.1 Å². The molecule has 4 nitrogen and oxygen atoms in total. The molecular weight excluding hydrogens is 238 g/mol. The lowest BCUT2D eigenvalue weighted by Crippen LogP contribution is -2.23. The lowest BCUT2D eigenvalue weighted by molar-refractivity contribution is 0.801. The number of aryl methyl sites for hydroxylation is 1. The Balaban J connectivity index is 2.44. The van der Waals surface area contributed by atoms with E-state index < -0.39 is 0 Å². The quantitative estimate of drug-likeness (QED) is 0.675. The molecule has 2 aromatic carbocycles. The highest BCUT2D eigenvalue weighted by Crippen LogP contribution is 2.19. The topological polar surface area (TPSA) is 60.9 Å². The monoisotopic (exact) mass is 251 g/mol. The first-order chi connectivity index (χ1) is 9.18. The van der Waals surface area contributed by atoms with Crippen molar-refractivity contribution >= 4 is 16.5 Å². The molecule has 0 aliphatic carbocycles. The van der Waals surface area contributed by atoms with Crippen molar-refractivity contribution in [1.82, 2.24) is 9.78 Å². The summed E-state index contributed by atoms with van der Waals surface area (Å²) in [6.07, 6.45) is 0. The largest absolute Gasteiger partial charge is 0.398 e. The maximum absolute atomic E-state index is 12.5. The van der Waals surface area contributed by atoms with Gasteiger partial charge in [-0.15, -0.1) is 0 Å². The van der Waals surface area contributed by atoms with Crippen LogP contribution in [0.2, 0.25) is 0 Å². The first-order valence-electron chi connectivity index (χ1n) is 6.02. The van der Waals surface area contributed by atoms with Crippen molar-refractivity contribution < 1.29 is 0 Å². The van der Waals surface area contributed by atoms with Crippen molar-refractivity contribution in [2.45, 2.75) is 6.92 Å². The number of nitrogens with zero attached hydrogens (tertiary/aromatic N) is 2. The zero-order chi connectivity index (χ0) is 13.4. The summed E-state index contributed by atoms with van der Waals surface area (Å²) in [6, 6.07) is 14.8. The van der Waals surface area contributed by atoms with E-state index in [4.69, 9.17) is 5.73 Å². The van der Waals surface area contributed by atoms with Crippen molar-refractivity contribution in [3.8, 4) is 5.69 Å². The van der Waals surface area contributed by atoms with E-state index in [0.717, 1.165) is 16.8 Å². The minimum atomic E-state index is -0.190. The molecule has 0 atom stereocenters.